The van der Waals surface area contributed by atoms with Gasteiger partial charge in [-0.05, 0) is 53.3 Å². The molecule has 0 aromatic heterocycles. The molecule has 0 radical (unpaired) electrons. The number of hydrogen-bond acceptors (Lipinski definition) is 6. The quantitative estimate of drug-likeness (QED) is 0.301. The number of hydrogen-bond donors (Lipinski definition) is 2. The van der Waals surface area contributed by atoms with Gasteiger partial charge in [0.2, 0.25) is 0 Å². The Bertz CT molecular complexity index is 839. The maximum absolute atomic E-state index is 12.1. The van der Waals surface area contributed by atoms with E-state index >= 15 is 0 Å². The van der Waals surface area contributed by atoms with E-state index in [0.29, 0.717) is 21.5 Å². The maximum Gasteiger partial charge on any atom is 0.282 e. The second kappa shape index (κ2) is 8.42. The topological polar surface area (TPSA) is 114 Å². The number of carbonyl (C=O) groups excluding carboxylic acids is 1. The molecule has 0 aliphatic rings. The Morgan fingerprint density at radius 3 is 2.84 bits per heavy atom. The van der Waals surface area contributed by atoms with Gasteiger partial charge in [-0.2, -0.15) is 5.10 Å². The number of nitro benzene ring substituents is 1. The van der Waals surface area contributed by atoms with Gasteiger partial charge in [-0.1, -0.05) is 12.1 Å². The van der Waals surface area contributed by atoms with Gasteiger partial charge in [0, 0.05) is 6.07 Å². The van der Waals surface area contributed by atoms with Crippen molar-refractivity contribution in [3.8, 4) is 11.5 Å². The smallest absolute Gasteiger partial charge is 0.282 e. The average molecular weight is 455 g/mol. The van der Waals surface area contributed by atoms with Crippen LogP contribution in [0.1, 0.15) is 22.8 Å². The molecule has 2 aromatic rings. The molecule has 1 amide bonds. The Hall–Kier alpha value is -2.69. The third-order valence-electron chi connectivity index (χ3n) is 3.08. The van der Waals surface area contributed by atoms with Gasteiger partial charge in [0.25, 0.3) is 11.6 Å². The van der Waals surface area contributed by atoms with Crippen molar-refractivity contribution < 1.29 is 19.6 Å². The molecule has 25 heavy (non-hydrogen) atoms. The van der Waals surface area contributed by atoms with Crippen LogP contribution < -0.4 is 10.2 Å². The van der Waals surface area contributed by atoms with Crippen LogP contribution in [0.5, 0.6) is 11.5 Å². The van der Waals surface area contributed by atoms with Gasteiger partial charge in [0.05, 0.1) is 21.3 Å². The van der Waals surface area contributed by atoms with Crippen molar-refractivity contribution in [3.05, 3.63) is 61.2 Å². The average Bonchev–Trinajstić information content (AvgIpc) is 2.59. The first-order chi connectivity index (χ1) is 11.9. The van der Waals surface area contributed by atoms with Gasteiger partial charge in [0.1, 0.15) is 5.56 Å². The fourth-order valence-corrected chi connectivity index (χ4v) is 2.61. The zero-order chi connectivity index (χ0) is 18.4. The number of hydrazone groups is 1. The molecule has 0 fully saturated rings. The molecule has 0 saturated heterocycles. The van der Waals surface area contributed by atoms with E-state index in [1.165, 1.54) is 30.5 Å². The van der Waals surface area contributed by atoms with Crippen LogP contribution in [-0.2, 0) is 0 Å². The maximum atomic E-state index is 12.1. The molecule has 0 spiro atoms. The van der Waals surface area contributed by atoms with Crippen LogP contribution in [0.4, 0.5) is 5.69 Å². The summed E-state index contributed by atoms with van der Waals surface area (Å²) in [5, 5.41) is 24.6. The van der Waals surface area contributed by atoms with Crippen LogP contribution in [0.25, 0.3) is 0 Å². The predicted molar refractivity (Wildman–Crippen MR) is 100 cm³/mol. The van der Waals surface area contributed by atoms with Crippen molar-refractivity contribution in [3.63, 3.8) is 0 Å². The number of amides is 1. The van der Waals surface area contributed by atoms with Crippen LogP contribution in [0.15, 0.2) is 41.5 Å². The lowest BCUT2D eigenvalue weighted by atomic mass is 10.2. The highest BCUT2D eigenvalue weighted by Crippen LogP contribution is 2.32. The molecular weight excluding hydrogens is 441 g/mol. The first kappa shape index (κ1) is 18.6. The summed E-state index contributed by atoms with van der Waals surface area (Å²) < 4.78 is 5.88. The highest BCUT2D eigenvalue weighted by Gasteiger charge is 2.18. The van der Waals surface area contributed by atoms with Gasteiger partial charge in [-0.3, -0.25) is 14.9 Å². The number of para-hydroxylation sites is 1. The number of aromatic hydroxyl groups is 1. The molecule has 0 aliphatic heterocycles. The van der Waals surface area contributed by atoms with Crippen molar-refractivity contribution in [2.75, 3.05) is 6.61 Å². The van der Waals surface area contributed by atoms with Crippen molar-refractivity contribution in [2.45, 2.75) is 6.92 Å². The van der Waals surface area contributed by atoms with Gasteiger partial charge >= 0.3 is 0 Å². The highest BCUT2D eigenvalue weighted by atomic mass is 127. The molecule has 2 aromatic carbocycles. The number of benzene rings is 2. The predicted octanol–water partition coefficient (Wildman–Crippen LogP) is 3.07. The van der Waals surface area contributed by atoms with E-state index in [0.717, 1.165) is 0 Å². The van der Waals surface area contributed by atoms with Gasteiger partial charge < -0.3 is 9.84 Å². The molecule has 0 atom stereocenters. The molecule has 0 aliphatic carbocycles. The Morgan fingerprint density at radius 2 is 2.16 bits per heavy atom. The third kappa shape index (κ3) is 4.66. The zero-order valence-corrected chi connectivity index (χ0v) is 15.3. The largest absolute Gasteiger partial charge is 0.504 e. The standard InChI is InChI=1S/C16H14IN3O5/c1-2-25-14-8-10(7-12(17)15(14)21)9-18-19-16(22)11-5-3-4-6-13(11)20(23)24/h3-9,21H,2H2,1H3,(H,19,22)/b18-9-. The number of nitro groups is 1. The number of nitrogens with one attached hydrogen (secondary N) is 1. The molecule has 130 valence electrons. The van der Waals surface area contributed by atoms with Crippen molar-refractivity contribution in [2.24, 2.45) is 5.10 Å². The number of ether oxygens (including phenoxy) is 1. The summed E-state index contributed by atoms with van der Waals surface area (Å²) in [6, 6.07) is 8.82. The molecule has 0 saturated carbocycles. The Morgan fingerprint density at radius 1 is 1.44 bits per heavy atom. The van der Waals surface area contributed by atoms with Crippen LogP contribution >= 0.6 is 22.6 Å². The Labute approximate surface area is 156 Å². The van der Waals surface area contributed by atoms with Crippen LogP contribution in [0.3, 0.4) is 0 Å². The van der Waals surface area contributed by atoms with Crippen LogP contribution in [-0.4, -0.2) is 28.8 Å². The summed E-state index contributed by atoms with van der Waals surface area (Å²) in [6.45, 7) is 2.18. The normalized spacial score (nSPS) is 10.6. The third-order valence-corrected chi connectivity index (χ3v) is 3.90. The van der Waals surface area contributed by atoms with E-state index in [1.54, 1.807) is 19.1 Å². The molecule has 9 heteroatoms. The van der Waals surface area contributed by atoms with Crippen molar-refractivity contribution in [1.82, 2.24) is 5.43 Å². The van der Waals surface area contributed by atoms with Gasteiger partial charge in [-0.15, -0.1) is 0 Å². The van der Waals surface area contributed by atoms with Crippen molar-refractivity contribution >= 4 is 40.4 Å². The highest BCUT2D eigenvalue weighted by molar-refractivity contribution is 14.1. The summed E-state index contributed by atoms with van der Waals surface area (Å²) in [5.74, 6) is -0.355. The first-order valence-electron chi connectivity index (χ1n) is 7.16. The van der Waals surface area contributed by atoms with E-state index in [4.69, 9.17) is 4.74 Å². The van der Waals surface area contributed by atoms with E-state index in [1.807, 2.05) is 22.6 Å². The van der Waals surface area contributed by atoms with E-state index in [-0.39, 0.29) is 17.0 Å². The lowest BCUT2D eigenvalue weighted by Crippen LogP contribution is -2.18. The summed E-state index contributed by atoms with van der Waals surface area (Å²) in [5.41, 5.74) is 2.46. The zero-order valence-electron chi connectivity index (χ0n) is 13.1. The lowest BCUT2D eigenvalue weighted by molar-refractivity contribution is -0.385. The number of carbonyl (C=O) groups is 1. The fraction of sp³-hybridized carbons (Fsp3) is 0.125. The number of nitrogens with zero attached hydrogens (tertiary/aromatic N) is 2. The van der Waals surface area contributed by atoms with Crippen molar-refractivity contribution in [1.29, 1.82) is 0 Å². The van der Waals surface area contributed by atoms with Gasteiger partial charge in [0.15, 0.2) is 11.5 Å². The molecule has 2 rings (SSSR count). The molecule has 0 bridgehead atoms. The number of halogens is 1. The minimum Gasteiger partial charge on any atom is -0.504 e. The second-order valence-electron chi connectivity index (χ2n) is 4.76. The minimum atomic E-state index is -0.693. The van der Waals surface area contributed by atoms with Gasteiger partial charge in [-0.25, -0.2) is 5.43 Å². The van der Waals surface area contributed by atoms with Crippen LogP contribution in [0, 0.1) is 13.7 Å². The Kier molecular flexibility index (Phi) is 6.28. The minimum absolute atomic E-state index is 0.0311. The van der Waals surface area contributed by atoms with E-state index < -0.39 is 10.8 Å². The van der Waals surface area contributed by atoms with E-state index in [2.05, 4.69) is 10.5 Å². The molecule has 0 unspecified atom stereocenters. The molecular formula is C16H14IN3O5. The summed E-state index contributed by atoms with van der Waals surface area (Å²) >= 11 is 1.95. The van der Waals surface area contributed by atoms with E-state index in [9.17, 15) is 20.0 Å². The SMILES string of the molecule is CCOc1cc(/C=N\NC(=O)c2ccccc2[N+](=O)[O-])cc(I)c1O. The first-order valence-corrected chi connectivity index (χ1v) is 8.24. The number of phenolic OH excluding ortho intramolecular Hbond substituents is 1. The molecule has 2 N–H and O–H groups in total. The van der Waals surface area contributed by atoms with Crippen LogP contribution in [0.2, 0.25) is 0 Å². The lowest BCUT2D eigenvalue weighted by Gasteiger charge is -2.08. The number of phenols is 1. The Balaban J connectivity index is 2.16. The monoisotopic (exact) mass is 455 g/mol. The second-order valence-corrected chi connectivity index (χ2v) is 5.92. The summed E-state index contributed by atoms with van der Waals surface area (Å²) in [6.07, 6.45) is 1.36. The summed E-state index contributed by atoms with van der Waals surface area (Å²) in [4.78, 5) is 22.4. The summed E-state index contributed by atoms with van der Waals surface area (Å²) in [7, 11) is 0. The number of rotatable bonds is 6. The fourth-order valence-electron chi connectivity index (χ4n) is 1.98. The molecule has 8 nitrogen and oxygen atoms in total. The molecule has 0 heterocycles.